The Kier molecular flexibility index (Phi) is 11.7. The van der Waals surface area contributed by atoms with Crippen LogP contribution in [0.3, 0.4) is 0 Å². The first-order valence-corrected chi connectivity index (χ1v) is 15.0. The lowest BCUT2D eigenvalue weighted by Crippen LogP contribution is -2.42. The van der Waals surface area contributed by atoms with Crippen LogP contribution in [0.1, 0.15) is 47.8 Å². The zero-order valence-corrected chi connectivity index (χ0v) is 25.1. The lowest BCUT2D eigenvalue weighted by Gasteiger charge is -2.25. The molecule has 2 rings (SSSR count). The van der Waals surface area contributed by atoms with Crippen LogP contribution in [0.4, 0.5) is 8.78 Å². The van der Waals surface area contributed by atoms with Gasteiger partial charge >= 0.3 is 19.4 Å². The van der Waals surface area contributed by atoms with Crippen LogP contribution in [0.5, 0.6) is 0 Å². The van der Waals surface area contributed by atoms with Crippen molar-refractivity contribution in [1.82, 2.24) is 14.6 Å². The van der Waals surface area contributed by atoms with E-state index < -0.39 is 78.5 Å². The minimum atomic E-state index is -4.42. The Morgan fingerprint density at radius 3 is 2.52 bits per heavy atom. The highest BCUT2D eigenvalue weighted by Crippen LogP contribution is 2.48. The van der Waals surface area contributed by atoms with Gasteiger partial charge in [0, 0.05) is 11.2 Å². The van der Waals surface area contributed by atoms with Gasteiger partial charge in [0.15, 0.2) is 11.3 Å². The lowest BCUT2D eigenvalue weighted by molar-refractivity contribution is -0.149. The first kappa shape index (κ1) is 34.6. The van der Waals surface area contributed by atoms with Crippen LogP contribution in [0.15, 0.2) is 15.8 Å². The molecule has 2 heterocycles. The van der Waals surface area contributed by atoms with Crippen LogP contribution in [-0.4, -0.2) is 74.2 Å². The largest absolute Gasteiger partial charge is 0.462 e. The SMILES string of the molecule is CC(C)OC(=O)[C@@H](C)NP(=O)(OCCSC(=O)C(C)(C)C)OC[C@H]1O[C@@H](n2cc(F)c(=O)[nH]c2=O)[C@@](F)(Cl)[C@@H]1O. The van der Waals surface area contributed by atoms with Gasteiger partial charge in [-0.1, -0.05) is 44.1 Å². The number of thioether (sulfide) groups is 1. The van der Waals surface area contributed by atoms with Crippen molar-refractivity contribution in [3.8, 4) is 0 Å². The molecule has 1 unspecified atom stereocenters. The number of aliphatic hydroxyl groups is 1. The first-order valence-electron chi connectivity index (χ1n) is 12.1. The summed E-state index contributed by atoms with van der Waals surface area (Å²) in [6.07, 6.45) is -6.13. The van der Waals surface area contributed by atoms with E-state index in [1.54, 1.807) is 39.6 Å². The minimum absolute atomic E-state index is 0.0660. The molecule has 1 aromatic heterocycles. The highest BCUT2D eigenvalue weighted by molar-refractivity contribution is 8.13. The number of aromatic nitrogens is 2. The topological polar surface area (TPSA) is 175 Å². The zero-order chi connectivity index (χ0) is 30.6. The summed E-state index contributed by atoms with van der Waals surface area (Å²) in [7, 11) is -4.42. The summed E-state index contributed by atoms with van der Waals surface area (Å²) in [5.74, 6) is -2.17. The second-order valence-electron chi connectivity index (χ2n) is 10.1. The van der Waals surface area contributed by atoms with Gasteiger partial charge in [0.25, 0.3) is 10.7 Å². The Balaban J connectivity index is 2.19. The van der Waals surface area contributed by atoms with Crippen molar-refractivity contribution in [1.29, 1.82) is 0 Å². The molecule has 1 aliphatic rings. The van der Waals surface area contributed by atoms with Crippen molar-refractivity contribution in [2.24, 2.45) is 5.41 Å². The van der Waals surface area contributed by atoms with E-state index in [4.69, 9.17) is 30.1 Å². The molecule has 0 aliphatic carbocycles. The van der Waals surface area contributed by atoms with Crippen LogP contribution in [0, 0.1) is 11.2 Å². The fourth-order valence-electron chi connectivity index (χ4n) is 3.16. The molecule has 1 saturated heterocycles. The molecule has 1 aromatic rings. The Hall–Kier alpha value is -1.65. The number of alkyl halides is 2. The Morgan fingerprint density at radius 1 is 1.32 bits per heavy atom. The van der Waals surface area contributed by atoms with E-state index in [-0.39, 0.29) is 17.5 Å². The number of halogens is 3. The smallest absolute Gasteiger partial charge is 0.406 e. The average Bonchev–Trinajstić information content (AvgIpc) is 3.05. The van der Waals surface area contributed by atoms with E-state index >= 15 is 4.39 Å². The normalized spacial score (nSPS) is 25.5. The molecule has 13 nitrogen and oxygen atoms in total. The minimum Gasteiger partial charge on any atom is -0.462 e. The number of aromatic amines is 1. The molecule has 40 heavy (non-hydrogen) atoms. The fraction of sp³-hybridized carbons (Fsp3) is 0.727. The van der Waals surface area contributed by atoms with E-state index in [2.05, 4.69) is 5.09 Å². The summed E-state index contributed by atoms with van der Waals surface area (Å²) in [5, 5.41) is 9.43. The van der Waals surface area contributed by atoms with Crippen molar-refractivity contribution < 1.29 is 46.6 Å². The number of aliphatic hydroxyl groups excluding tert-OH is 1. The van der Waals surface area contributed by atoms with Gasteiger partial charge in [0.1, 0.15) is 18.2 Å². The predicted molar refractivity (Wildman–Crippen MR) is 141 cm³/mol. The molecule has 0 radical (unpaired) electrons. The third-order valence-corrected chi connectivity index (χ3v) is 8.58. The maximum Gasteiger partial charge on any atom is 0.406 e. The summed E-state index contributed by atoms with van der Waals surface area (Å²) < 4.78 is 63.8. The van der Waals surface area contributed by atoms with Gasteiger partial charge in [-0.3, -0.25) is 33.0 Å². The van der Waals surface area contributed by atoms with Gasteiger partial charge < -0.3 is 14.6 Å². The number of rotatable bonds is 12. The molecule has 3 N–H and O–H groups in total. The van der Waals surface area contributed by atoms with Crippen molar-refractivity contribution in [2.75, 3.05) is 19.0 Å². The summed E-state index contributed by atoms with van der Waals surface area (Å²) in [4.78, 5) is 49.4. The van der Waals surface area contributed by atoms with Gasteiger partial charge in [-0.05, 0) is 20.8 Å². The van der Waals surface area contributed by atoms with Gasteiger partial charge in [0.2, 0.25) is 5.82 Å². The number of ether oxygens (including phenoxy) is 2. The maximum absolute atomic E-state index is 15.2. The van der Waals surface area contributed by atoms with E-state index in [9.17, 15) is 33.2 Å². The number of carbonyl (C=O) groups excluding carboxylic acids is 2. The second-order valence-corrected chi connectivity index (χ2v) is 13.6. The Bertz CT molecular complexity index is 1240. The molecule has 0 amide bonds. The Labute approximate surface area is 237 Å². The molecule has 18 heteroatoms. The van der Waals surface area contributed by atoms with E-state index in [0.29, 0.717) is 10.8 Å². The second kappa shape index (κ2) is 13.6. The molecule has 0 aromatic carbocycles. The highest BCUT2D eigenvalue weighted by Gasteiger charge is 2.58. The van der Waals surface area contributed by atoms with Crippen LogP contribution in [0.2, 0.25) is 0 Å². The van der Waals surface area contributed by atoms with Gasteiger partial charge in [-0.15, -0.1) is 0 Å². The summed E-state index contributed by atoms with van der Waals surface area (Å²) >= 11 is 6.71. The average molecular weight is 636 g/mol. The molecule has 6 atom stereocenters. The number of nitrogens with one attached hydrogen (secondary N) is 2. The maximum atomic E-state index is 15.2. The molecule has 0 saturated carbocycles. The molecule has 228 valence electrons. The van der Waals surface area contributed by atoms with Gasteiger partial charge in [-0.2, -0.15) is 4.39 Å². The predicted octanol–water partition coefficient (Wildman–Crippen LogP) is 2.22. The molecule has 1 aliphatic heterocycles. The molecular formula is C22H33ClF2N3O10PS. The lowest BCUT2D eigenvalue weighted by atomic mass is 10.00. The summed E-state index contributed by atoms with van der Waals surface area (Å²) in [6, 6.07) is -1.21. The quantitative estimate of drug-likeness (QED) is 0.132. The number of esters is 1. The van der Waals surface area contributed by atoms with Crippen molar-refractivity contribution >= 4 is 42.2 Å². The standard InChI is InChI=1S/C22H33ClF2N3O10PS/c1-11(2)37-17(31)12(3)27-39(34,35-7-8-40-19(32)21(4,5)6)36-10-14-15(29)22(23,25)18(38-14)28-9-13(24)16(30)26-20(28)33/h9,11-12,14-15,18,29H,7-8,10H2,1-6H3,(H,27,34)(H,26,30,33)/t12-,14-,15-,18-,22-,39?/m1/s1. The first-order chi connectivity index (χ1) is 18.3. The van der Waals surface area contributed by atoms with E-state index in [1.807, 2.05) is 0 Å². The third-order valence-electron chi connectivity index (χ3n) is 5.21. The van der Waals surface area contributed by atoms with Crippen molar-refractivity contribution in [3.05, 3.63) is 32.9 Å². The van der Waals surface area contributed by atoms with E-state index in [0.717, 1.165) is 11.8 Å². The van der Waals surface area contributed by atoms with Crippen molar-refractivity contribution in [3.63, 3.8) is 0 Å². The third kappa shape index (κ3) is 8.92. The van der Waals surface area contributed by atoms with Crippen LogP contribution in [-0.2, 0) is 32.7 Å². The van der Waals surface area contributed by atoms with Crippen LogP contribution >= 0.6 is 31.1 Å². The number of hydrogen-bond acceptors (Lipinski definition) is 11. The Morgan fingerprint density at radius 2 is 1.95 bits per heavy atom. The van der Waals surface area contributed by atoms with Crippen LogP contribution < -0.4 is 16.3 Å². The van der Waals surface area contributed by atoms with Crippen LogP contribution in [0.25, 0.3) is 0 Å². The fourth-order valence-corrected chi connectivity index (χ4v) is 5.84. The number of carbonyl (C=O) groups is 2. The highest BCUT2D eigenvalue weighted by atomic mass is 35.5. The van der Waals surface area contributed by atoms with Crippen molar-refractivity contribution in [2.45, 2.75) is 77.3 Å². The molecule has 1 fully saturated rings. The number of H-pyrrole nitrogens is 1. The number of hydrogen-bond donors (Lipinski definition) is 3. The summed E-state index contributed by atoms with van der Waals surface area (Å²) in [5.41, 5.74) is -3.28. The van der Waals surface area contributed by atoms with E-state index in [1.165, 1.54) is 6.92 Å². The monoisotopic (exact) mass is 635 g/mol. The van der Waals surface area contributed by atoms with Gasteiger partial charge in [-0.25, -0.2) is 18.8 Å². The summed E-state index contributed by atoms with van der Waals surface area (Å²) in [6.45, 7) is 8.56. The molecule has 0 spiro atoms. The zero-order valence-electron chi connectivity index (χ0n) is 22.6. The number of nitrogens with zero attached hydrogens (tertiary/aromatic N) is 1. The molecule has 0 bridgehead atoms. The molecular weight excluding hydrogens is 603 g/mol. The van der Waals surface area contributed by atoms with Gasteiger partial charge in [0.05, 0.1) is 25.5 Å².